The summed E-state index contributed by atoms with van der Waals surface area (Å²) >= 11 is 0. The number of primary amides is 1. The van der Waals surface area contributed by atoms with E-state index < -0.39 is 6.03 Å². The second-order valence-corrected chi connectivity index (χ2v) is 5.33. The lowest BCUT2D eigenvalue weighted by Crippen LogP contribution is -2.42. The maximum Gasteiger partial charge on any atom is 0.312 e. The van der Waals surface area contributed by atoms with Crippen molar-refractivity contribution in [3.05, 3.63) is 11.6 Å². The molecule has 0 spiro atoms. The molecule has 3 amide bonds. The third-order valence-corrected chi connectivity index (χ3v) is 3.64. The van der Waals surface area contributed by atoms with E-state index in [-0.39, 0.29) is 24.9 Å². The molecule has 0 aromatic carbocycles. The summed E-state index contributed by atoms with van der Waals surface area (Å²) in [6.07, 6.45) is 2.20. The molecule has 3 N–H and O–H groups in total. The Balaban J connectivity index is 1.92. The third kappa shape index (κ3) is 3.93. The molecule has 0 saturated carbocycles. The number of rotatable bonds is 4. The normalized spacial score (nSPS) is 18.6. The van der Waals surface area contributed by atoms with Crippen molar-refractivity contribution in [2.24, 2.45) is 5.73 Å². The van der Waals surface area contributed by atoms with Crippen LogP contribution in [0.5, 0.6) is 0 Å². The van der Waals surface area contributed by atoms with Gasteiger partial charge in [-0.05, 0) is 26.7 Å². The Kier molecular flexibility index (Phi) is 4.77. The highest BCUT2D eigenvalue weighted by Crippen LogP contribution is 2.22. The van der Waals surface area contributed by atoms with Crippen molar-refractivity contribution in [1.29, 1.82) is 0 Å². The average molecular weight is 294 g/mol. The topological polar surface area (TPSA) is 106 Å². The second-order valence-electron chi connectivity index (χ2n) is 5.33. The fourth-order valence-electron chi connectivity index (χ4n) is 2.71. The first-order chi connectivity index (χ1) is 9.97. The molecule has 0 bridgehead atoms. The number of nitrogens with two attached hydrogens (primary N) is 1. The van der Waals surface area contributed by atoms with Crippen LogP contribution in [0.2, 0.25) is 0 Å². The maximum absolute atomic E-state index is 12.1. The molecule has 8 nitrogen and oxygen atoms in total. The molecule has 1 fully saturated rings. The number of carbonyl (C=O) groups is 2. The molecule has 1 aliphatic heterocycles. The van der Waals surface area contributed by atoms with Crippen molar-refractivity contribution in [3.8, 4) is 0 Å². The first-order valence-corrected chi connectivity index (χ1v) is 7.18. The van der Waals surface area contributed by atoms with Gasteiger partial charge in [-0.3, -0.25) is 4.79 Å². The molecular weight excluding hydrogens is 272 g/mol. The van der Waals surface area contributed by atoms with Gasteiger partial charge in [0.25, 0.3) is 0 Å². The fraction of sp³-hybridized carbons (Fsp3) is 0.692. The molecule has 1 atom stereocenters. The highest BCUT2D eigenvalue weighted by molar-refractivity contribution is 5.77. The van der Waals surface area contributed by atoms with Crippen LogP contribution >= 0.6 is 0 Å². The van der Waals surface area contributed by atoms with Gasteiger partial charge in [-0.1, -0.05) is 0 Å². The van der Waals surface area contributed by atoms with E-state index in [0.717, 1.165) is 31.0 Å². The number of hydrogen-bond donors (Lipinski definition) is 2. The highest BCUT2D eigenvalue weighted by atomic mass is 16.2. The van der Waals surface area contributed by atoms with Gasteiger partial charge in [-0.15, -0.1) is 0 Å². The van der Waals surface area contributed by atoms with Crippen molar-refractivity contribution in [1.82, 2.24) is 25.0 Å². The van der Waals surface area contributed by atoms with Gasteiger partial charge < -0.3 is 16.0 Å². The van der Waals surface area contributed by atoms with Gasteiger partial charge in [0, 0.05) is 26.1 Å². The summed E-state index contributed by atoms with van der Waals surface area (Å²) in [6.45, 7) is 5.46. The van der Waals surface area contributed by atoms with Crippen molar-refractivity contribution < 1.29 is 9.59 Å². The Labute approximate surface area is 123 Å². The number of nitrogens with zero attached hydrogens (tertiary/aromatic N) is 4. The number of aromatic nitrogens is 3. The molecule has 8 heteroatoms. The Morgan fingerprint density at radius 1 is 1.43 bits per heavy atom. The monoisotopic (exact) mass is 294 g/mol. The first kappa shape index (κ1) is 15.3. The van der Waals surface area contributed by atoms with E-state index in [1.807, 2.05) is 23.4 Å². The van der Waals surface area contributed by atoms with Crippen LogP contribution in [0.15, 0.2) is 0 Å². The number of amides is 3. The van der Waals surface area contributed by atoms with E-state index in [4.69, 9.17) is 5.73 Å². The van der Waals surface area contributed by atoms with Crippen LogP contribution in [0.3, 0.4) is 0 Å². The van der Waals surface area contributed by atoms with Gasteiger partial charge in [0.15, 0.2) is 0 Å². The predicted molar refractivity (Wildman–Crippen MR) is 76.6 cm³/mol. The van der Waals surface area contributed by atoms with Crippen molar-refractivity contribution in [3.63, 3.8) is 0 Å². The lowest BCUT2D eigenvalue weighted by atomic mass is 10.1. The standard InChI is InChI=1S/C13H22N6O2/c1-9-16-10(2)19(17-9)11-4-3-7-18(8-11)12(20)5-6-15-13(14)21/h11H,3-8H2,1-2H3,(H3,14,15,21). The number of urea groups is 1. The van der Waals surface area contributed by atoms with Crippen LogP contribution in [-0.4, -0.2) is 51.2 Å². The lowest BCUT2D eigenvalue weighted by Gasteiger charge is -2.33. The van der Waals surface area contributed by atoms with Crippen LogP contribution in [0.25, 0.3) is 0 Å². The summed E-state index contributed by atoms with van der Waals surface area (Å²) in [7, 11) is 0. The smallest absolute Gasteiger partial charge is 0.312 e. The van der Waals surface area contributed by atoms with Crippen LogP contribution in [0, 0.1) is 13.8 Å². The van der Waals surface area contributed by atoms with E-state index in [2.05, 4.69) is 15.4 Å². The van der Waals surface area contributed by atoms with Crippen LogP contribution in [0.1, 0.15) is 37.0 Å². The molecule has 2 rings (SSSR count). The van der Waals surface area contributed by atoms with Crippen molar-refractivity contribution >= 4 is 11.9 Å². The molecule has 1 aromatic heterocycles. The van der Waals surface area contributed by atoms with Gasteiger partial charge in [-0.25, -0.2) is 14.5 Å². The van der Waals surface area contributed by atoms with Crippen molar-refractivity contribution in [2.75, 3.05) is 19.6 Å². The Bertz CT molecular complexity index is 527. The summed E-state index contributed by atoms with van der Waals surface area (Å²) in [4.78, 5) is 28.9. The van der Waals surface area contributed by atoms with E-state index in [1.54, 1.807) is 0 Å². The summed E-state index contributed by atoms with van der Waals surface area (Å²) in [5.41, 5.74) is 4.98. The van der Waals surface area contributed by atoms with E-state index in [9.17, 15) is 9.59 Å². The molecule has 116 valence electrons. The zero-order valence-corrected chi connectivity index (χ0v) is 12.5. The number of carbonyl (C=O) groups excluding carboxylic acids is 2. The van der Waals surface area contributed by atoms with E-state index in [0.29, 0.717) is 6.54 Å². The number of aryl methyl sites for hydroxylation is 2. The number of piperidine rings is 1. The minimum Gasteiger partial charge on any atom is -0.352 e. The molecule has 1 unspecified atom stereocenters. The highest BCUT2D eigenvalue weighted by Gasteiger charge is 2.26. The molecule has 1 aliphatic rings. The van der Waals surface area contributed by atoms with Crippen LogP contribution in [0.4, 0.5) is 4.79 Å². The molecule has 21 heavy (non-hydrogen) atoms. The largest absolute Gasteiger partial charge is 0.352 e. The maximum atomic E-state index is 12.1. The van der Waals surface area contributed by atoms with Gasteiger partial charge in [-0.2, -0.15) is 5.10 Å². The second kappa shape index (κ2) is 6.55. The molecule has 1 saturated heterocycles. The molecular formula is C13H22N6O2. The summed E-state index contributed by atoms with van der Waals surface area (Å²) in [5, 5.41) is 6.84. The summed E-state index contributed by atoms with van der Waals surface area (Å²) in [6, 6.07) is -0.430. The predicted octanol–water partition coefficient (Wildman–Crippen LogP) is 0.117. The minimum absolute atomic E-state index is 0.0305. The fourth-order valence-corrected chi connectivity index (χ4v) is 2.71. The Hall–Kier alpha value is -2.12. The molecule has 0 radical (unpaired) electrons. The van der Waals surface area contributed by atoms with Gasteiger partial charge >= 0.3 is 6.03 Å². The van der Waals surface area contributed by atoms with Gasteiger partial charge in [0.2, 0.25) is 5.91 Å². The SMILES string of the molecule is Cc1nc(C)n(C2CCCN(C(=O)CCNC(N)=O)C2)n1. The quantitative estimate of drug-likeness (QED) is 0.822. The van der Waals surface area contributed by atoms with Crippen LogP contribution in [-0.2, 0) is 4.79 Å². The number of nitrogens with one attached hydrogen (secondary N) is 1. The van der Waals surface area contributed by atoms with Gasteiger partial charge in [0.1, 0.15) is 11.6 Å². The van der Waals surface area contributed by atoms with E-state index in [1.165, 1.54) is 0 Å². The van der Waals surface area contributed by atoms with Gasteiger partial charge in [0.05, 0.1) is 6.04 Å². The minimum atomic E-state index is -0.604. The lowest BCUT2D eigenvalue weighted by molar-refractivity contribution is -0.132. The first-order valence-electron chi connectivity index (χ1n) is 7.18. The third-order valence-electron chi connectivity index (χ3n) is 3.64. The van der Waals surface area contributed by atoms with Crippen molar-refractivity contribution in [2.45, 2.75) is 39.2 Å². The molecule has 0 aliphatic carbocycles. The summed E-state index contributed by atoms with van der Waals surface area (Å²) in [5.74, 6) is 1.66. The Morgan fingerprint density at radius 2 is 2.19 bits per heavy atom. The Morgan fingerprint density at radius 3 is 2.81 bits per heavy atom. The zero-order valence-electron chi connectivity index (χ0n) is 12.5. The molecule has 1 aromatic rings. The number of hydrogen-bond acceptors (Lipinski definition) is 4. The zero-order chi connectivity index (χ0) is 15.4. The molecule has 2 heterocycles. The average Bonchev–Trinajstić information content (AvgIpc) is 2.77. The van der Waals surface area contributed by atoms with Crippen LogP contribution < -0.4 is 11.1 Å². The van der Waals surface area contributed by atoms with E-state index >= 15 is 0 Å². The number of likely N-dealkylation sites (tertiary alicyclic amines) is 1. The summed E-state index contributed by atoms with van der Waals surface area (Å²) < 4.78 is 1.91.